The molecule has 0 aliphatic heterocycles. The standard InChI is InChI=1S/C30H36F2N4O3/c1-17-20(27(35-36(17)6)29(37)30(2,3)4)12-13-39-28-21(9-10-23(31)26(28)32)18-8-11-24-22(14-18)19(16-33-5)15-25(34-24)38-7/h8-11,14-15,29,33,37H,12-13,16H2,1-7H3. The quantitative estimate of drug-likeness (QED) is 0.287. The predicted octanol–water partition coefficient (Wildman–Crippen LogP) is 5.65. The van der Waals surface area contributed by atoms with Gasteiger partial charge in [-0.2, -0.15) is 9.49 Å². The Morgan fingerprint density at radius 1 is 1.13 bits per heavy atom. The topological polar surface area (TPSA) is 81.4 Å². The van der Waals surface area contributed by atoms with Gasteiger partial charge in [0.05, 0.1) is 24.9 Å². The summed E-state index contributed by atoms with van der Waals surface area (Å²) in [6.45, 7) is 8.37. The Kier molecular flexibility index (Phi) is 8.23. The summed E-state index contributed by atoms with van der Waals surface area (Å²) in [6.07, 6.45) is -0.420. The fraction of sp³-hybridized carbons (Fsp3) is 0.400. The second-order valence-electron chi connectivity index (χ2n) is 10.8. The van der Waals surface area contributed by atoms with Crippen molar-refractivity contribution in [3.63, 3.8) is 0 Å². The maximum Gasteiger partial charge on any atom is 0.213 e. The van der Waals surface area contributed by atoms with E-state index in [1.54, 1.807) is 17.9 Å². The molecule has 208 valence electrons. The summed E-state index contributed by atoms with van der Waals surface area (Å²) in [4.78, 5) is 4.51. The molecule has 4 rings (SSSR count). The first-order valence-electron chi connectivity index (χ1n) is 12.9. The van der Waals surface area contributed by atoms with Gasteiger partial charge in [-0.1, -0.05) is 26.8 Å². The third kappa shape index (κ3) is 5.74. The van der Waals surface area contributed by atoms with Gasteiger partial charge in [0.15, 0.2) is 11.6 Å². The minimum Gasteiger partial charge on any atom is -0.489 e. The van der Waals surface area contributed by atoms with Crippen LogP contribution >= 0.6 is 0 Å². The number of aryl methyl sites for hydroxylation is 1. The molecule has 0 fully saturated rings. The molecule has 2 N–H and O–H groups in total. The minimum absolute atomic E-state index is 0.0705. The molecule has 9 heteroatoms. The molecule has 0 amide bonds. The van der Waals surface area contributed by atoms with Crippen LogP contribution in [0.15, 0.2) is 36.4 Å². The number of aliphatic hydroxyl groups excluding tert-OH is 1. The van der Waals surface area contributed by atoms with Gasteiger partial charge in [0.1, 0.15) is 6.10 Å². The number of benzene rings is 2. The first kappa shape index (κ1) is 28.4. The van der Waals surface area contributed by atoms with Gasteiger partial charge in [-0.3, -0.25) is 4.68 Å². The van der Waals surface area contributed by atoms with Gasteiger partial charge < -0.3 is 19.9 Å². The van der Waals surface area contributed by atoms with Crippen LogP contribution in [-0.2, 0) is 20.0 Å². The van der Waals surface area contributed by atoms with Crippen LogP contribution in [0.5, 0.6) is 11.6 Å². The van der Waals surface area contributed by atoms with E-state index in [1.807, 2.05) is 60.0 Å². The molecule has 0 bridgehead atoms. The summed E-state index contributed by atoms with van der Waals surface area (Å²) < 4.78 is 42.5. The van der Waals surface area contributed by atoms with Crippen molar-refractivity contribution >= 4 is 10.9 Å². The predicted molar refractivity (Wildman–Crippen MR) is 148 cm³/mol. The SMILES string of the molecule is CNCc1cc(OC)nc2ccc(-c3ccc(F)c(F)c3OCCc3c(C(O)C(C)(C)C)nn(C)c3C)cc12. The smallest absolute Gasteiger partial charge is 0.213 e. The highest BCUT2D eigenvalue weighted by Gasteiger charge is 2.30. The number of hydrogen-bond acceptors (Lipinski definition) is 6. The Hall–Kier alpha value is -3.56. The van der Waals surface area contributed by atoms with E-state index in [2.05, 4.69) is 15.4 Å². The average molecular weight is 539 g/mol. The van der Waals surface area contributed by atoms with Crippen LogP contribution in [0.3, 0.4) is 0 Å². The van der Waals surface area contributed by atoms with Crippen molar-refractivity contribution in [1.29, 1.82) is 0 Å². The fourth-order valence-corrected chi connectivity index (χ4v) is 4.65. The molecule has 0 aliphatic carbocycles. The largest absolute Gasteiger partial charge is 0.489 e. The molecule has 7 nitrogen and oxygen atoms in total. The normalized spacial score (nSPS) is 12.7. The van der Waals surface area contributed by atoms with Crippen molar-refractivity contribution in [2.45, 2.75) is 46.8 Å². The molecule has 0 saturated heterocycles. The first-order chi connectivity index (χ1) is 18.5. The zero-order valence-electron chi connectivity index (χ0n) is 23.5. The van der Waals surface area contributed by atoms with Crippen molar-refractivity contribution in [1.82, 2.24) is 20.1 Å². The Morgan fingerprint density at radius 2 is 1.87 bits per heavy atom. The lowest BCUT2D eigenvalue weighted by molar-refractivity contribution is 0.0575. The molecule has 0 saturated carbocycles. The summed E-state index contributed by atoms with van der Waals surface area (Å²) in [7, 11) is 5.23. The molecule has 0 spiro atoms. The van der Waals surface area contributed by atoms with E-state index >= 15 is 4.39 Å². The van der Waals surface area contributed by atoms with Crippen molar-refractivity contribution in [3.8, 4) is 22.8 Å². The van der Waals surface area contributed by atoms with E-state index in [1.165, 1.54) is 6.07 Å². The van der Waals surface area contributed by atoms with E-state index in [4.69, 9.17) is 9.47 Å². The summed E-state index contributed by atoms with van der Waals surface area (Å²) in [5.41, 5.74) is 4.66. The molecule has 0 radical (unpaired) electrons. The van der Waals surface area contributed by atoms with E-state index in [0.29, 0.717) is 35.7 Å². The average Bonchev–Trinajstić information content (AvgIpc) is 3.18. The number of nitrogens with one attached hydrogen (secondary N) is 1. The van der Waals surface area contributed by atoms with Gasteiger partial charge >= 0.3 is 0 Å². The monoisotopic (exact) mass is 538 g/mol. The second kappa shape index (κ2) is 11.3. The lowest BCUT2D eigenvalue weighted by atomic mass is 9.85. The zero-order valence-corrected chi connectivity index (χ0v) is 23.5. The van der Waals surface area contributed by atoms with E-state index < -0.39 is 23.2 Å². The summed E-state index contributed by atoms with van der Waals surface area (Å²) in [5.74, 6) is -1.70. The van der Waals surface area contributed by atoms with Crippen LogP contribution in [0.2, 0.25) is 0 Å². The molecule has 2 aromatic carbocycles. The highest BCUT2D eigenvalue weighted by Crippen LogP contribution is 2.37. The van der Waals surface area contributed by atoms with Crippen LogP contribution in [-0.4, -0.2) is 40.6 Å². The van der Waals surface area contributed by atoms with Gasteiger partial charge in [0, 0.05) is 48.3 Å². The van der Waals surface area contributed by atoms with Crippen LogP contribution in [0.4, 0.5) is 8.78 Å². The number of rotatable bonds is 9. The highest BCUT2D eigenvalue weighted by molar-refractivity contribution is 5.88. The zero-order chi connectivity index (χ0) is 28.5. The number of aliphatic hydroxyl groups is 1. The maximum atomic E-state index is 15.1. The molecule has 0 aliphatic rings. The van der Waals surface area contributed by atoms with E-state index in [-0.39, 0.29) is 12.4 Å². The Bertz CT molecular complexity index is 1490. The third-order valence-corrected chi connectivity index (χ3v) is 6.98. The summed E-state index contributed by atoms with van der Waals surface area (Å²) in [6, 6.07) is 10.0. The maximum absolute atomic E-state index is 15.1. The lowest BCUT2D eigenvalue weighted by Crippen LogP contribution is -2.20. The fourth-order valence-electron chi connectivity index (χ4n) is 4.65. The number of hydrogen-bond donors (Lipinski definition) is 2. The van der Waals surface area contributed by atoms with E-state index in [9.17, 15) is 9.50 Å². The second-order valence-corrected chi connectivity index (χ2v) is 10.8. The number of fused-ring (bicyclic) bond motifs is 1. The molecule has 2 heterocycles. The number of pyridine rings is 1. The summed E-state index contributed by atoms with van der Waals surface area (Å²) in [5, 5.41) is 19.4. The van der Waals surface area contributed by atoms with Crippen molar-refractivity contribution in [3.05, 3.63) is 70.5 Å². The van der Waals surface area contributed by atoms with Crippen LogP contribution in [0, 0.1) is 24.0 Å². The molecular weight excluding hydrogens is 502 g/mol. The first-order valence-corrected chi connectivity index (χ1v) is 12.9. The highest BCUT2D eigenvalue weighted by atomic mass is 19.2. The van der Waals surface area contributed by atoms with Gasteiger partial charge in [-0.25, -0.2) is 9.37 Å². The molecule has 1 unspecified atom stereocenters. The summed E-state index contributed by atoms with van der Waals surface area (Å²) >= 11 is 0. The van der Waals surface area contributed by atoms with Crippen LogP contribution in [0.25, 0.3) is 22.0 Å². The minimum atomic E-state index is -1.05. The molecular formula is C30H36F2N4O3. The third-order valence-electron chi connectivity index (χ3n) is 6.98. The van der Waals surface area contributed by atoms with Gasteiger partial charge in [-0.15, -0.1) is 0 Å². The van der Waals surface area contributed by atoms with Crippen molar-refractivity contribution in [2.24, 2.45) is 12.5 Å². The Balaban J connectivity index is 1.69. The Morgan fingerprint density at radius 3 is 2.54 bits per heavy atom. The molecule has 39 heavy (non-hydrogen) atoms. The Labute approximate surface area is 227 Å². The van der Waals surface area contributed by atoms with Crippen LogP contribution < -0.4 is 14.8 Å². The number of nitrogens with zero attached hydrogens (tertiary/aromatic N) is 3. The van der Waals surface area contributed by atoms with Crippen molar-refractivity contribution in [2.75, 3.05) is 20.8 Å². The van der Waals surface area contributed by atoms with Gasteiger partial charge in [-0.05, 0) is 54.8 Å². The van der Waals surface area contributed by atoms with Gasteiger partial charge in [0.25, 0.3) is 0 Å². The molecule has 1 atom stereocenters. The van der Waals surface area contributed by atoms with Gasteiger partial charge in [0.2, 0.25) is 11.7 Å². The number of ether oxygens (including phenoxy) is 2. The molecule has 2 aromatic heterocycles. The van der Waals surface area contributed by atoms with Crippen LogP contribution in [0.1, 0.15) is 49.4 Å². The number of methoxy groups -OCH3 is 1. The van der Waals surface area contributed by atoms with Crippen molar-refractivity contribution < 1.29 is 23.4 Å². The lowest BCUT2D eigenvalue weighted by Gasteiger charge is -2.25. The number of aromatic nitrogens is 3. The molecule has 4 aromatic rings. The van der Waals surface area contributed by atoms with E-state index in [0.717, 1.165) is 33.8 Å². The number of halogens is 2.